The van der Waals surface area contributed by atoms with E-state index in [1.807, 2.05) is 12.1 Å². The fraction of sp³-hybridized carbons (Fsp3) is 0.0833. The minimum Gasteiger partial charge on any atom is -0.477 e. The summed E-state index contributed by atoms with van der Waals surface area (Å²) in [4.78, 5) is 11.3. The topological polar surface area (TPSA) is 49.3 Å². The van der Waals surface area contributed by atoms with Gasteiger partial charge in [-0.25, -0.2) is 4.79 Å². The van der Waals surface area contributed by atoms with E-state index < -0.39 is 5.97 Å². The van der Waals surface area contributed by atoms with E-state index in [1.54, 1.807) is 17.5 Å². The lowest BCUT2D eigenvalue weighted by Gasteiger charge is -2.08. The number of rotatable bonds is 4. The maximum atomic E-state index is 11.0. The Morgan fingerprint density at radius 2 is 2.22 bits per heavy atom. The van der Waals surface area contributed by atoms with Gasteiger partial charge in [0.2, 0.25) is 0 Å². The number of halogens is 2. The maximum Gasteiger partial charge on any atom is 0.346 e. The van der Waals surface area contributed by atoms with Crippen LogP contribution in [0.1, 0.15) is 15.2 Å². The first-order valence-electron chi connectivity index (χ1n) is 5.06. The smallest absolute Gasteiger partial charge is 0.346 e. The molecule has 0 aliphatic rings. The van der Waals surface area contributed by atoms with Crippen molar-refractivity contribution in [1.82, 2.24) is 0 Å². The van der Waals surface area contributed by atoms with E-state index in [9.17, 15) is 4.79 Å². The van der Waals surface area contributed by atoms with E-state index in [0.29, 0.717) is 16.4 Å². The molecule has 0 aliphatic heterocycles. The summed E-state index contributed by atoms with van der Waals surface area (Å²) < 4.78 is 0.903. The second kappa shape index (κ2) is 5.73. The summed E-state index contributed by atoms with van der Waals surface area (Å²) in [6.07, 6.45) is 0. The molecular weight excluding hydrogens is 338 g/mol. The van der Waals surface area contributed by atoms with Crippen LogP contribution in [0.2, 0.25) is 5.02 Å². The molecule has 0 bridgehead atoms. The first-order chi connectivity index (χ1) is 8.58. The van der Waals surface area contributed by atoms with Gasteiger partial charge in [0, 0.05) is 11.0 Å². The number of thiophene rings is 1. The molecule has 0 spiro atoms. The molecule has 94 valence electrons. The SMILES string of the molecule is O=C(O)c1sccc1CNc1ccc(Br)cc1Cl. The summed E-state index contributed by atoms with van der Waals surface area (Å²) in [5.41, 5.74) is 1.54. The molecular formula is C12H9BrClNO2S. The molecule has 2 N–H and O–H groups in total. The Morgan fingerprint density at radius 1 is 1.44 bits per heavy atom. The van der Waals surface area contributed by atoms with E-state index in [-0.39, 0.29) is 0 Å². The normalized spacial score (nSPS) is 10.3. The van der Waals surface area contributed by atoms with Gasteiger partial charge in [0.05, 0.1) is 10.7 Å². The fourth-order valence-electron chi connectivity index (χ4n) is 1.49. The first kappa shape index (κ1) is 13.4. The molecule has 3 nitrogen and oxygen atoms in total. The van der Waals surface area contributed by atoms with Crippen LogP contribution < -0.4 is 5.32 Å². The summed E-state index contributed by atoms with van der Waals surface area (Å²) in [7, 11) is 0. The van der Waals surface area contributed by atoms with Gasteiger partial charge in [-0.1, -0.05) is 27.5 Å². The number of carbonyl (C=O) groups is 1. The fourth-order valence-corrected chi connectivity index (χ4v) is 2.99. The van der Waals surface area contributed by atoms with Gasteiger partial charge < -0.3 is 10.4 Å². The molecule has 0 unspecified atom stereocenters. The number of hydrogen-bond acceptors (Lipinski definition) is 3. The molecule has 0 fully saturated rings. The van der Waals surface area contributed by atoms with Gasteiger partial charge in [0.15, 0.2) is 0 Å². The second-order valence-corrected chi connectivity index (χ2v) is 5.80. The monoisotopic (exact) mass is 345 g/mol. The third kappa shape index (κ3) is 3.04. The Balaban J connectivity index is 2.11. The summed E-state index contributed by atoms with van der Waals surface area (Å²) in [6.45, 7) is 0.437. The van der Waals surface area contributed by atoms with Crippen LogP contribution in [-0.4, -0.2) is 11.1 Å². The highest BCUT2D eigenvalue weighted by Gasteiger charge is 2.11. The number of benzene rings is 1. The van der Waals surface area contributed by atoms with Crippen molar-refractivity contribution in [3.63, 3.8) is 0 Å². The van der Waals surface area contributed by atoms with E-state index in [2.05, 4.69) is 21.2 Å². The van der Waals surface area contributed by atoms with E-state index in [4.69, 9.17) is 16.7 Å². The number of hydrogen-bond donors (Lipinski definition) is 2. The largest absolute Gasteiger partial charge is 0.477 e. The van der Waals surface area contributed by atoms with E-state index >= 15 is 0 Å². The van der Waals surface area contributed by atoms with Crippen LogP contribution in [0.15, 0.2) is 34.1 Å². The Morgan fingerprint density at radius 3 is 2.89 bits per heavy atom. The first-order valence-corrected chi connectivity index (χ1v) is 7.11. The van der Waals surface area contributed by atoms with Gasteiger partial charge in [0.25, 0.3) is 0 Å². The number of carboxylic acid groups (broad SMARTS) is 1. The minimum atomic E-state index is -0.899. The Bertz CT molecular complexity index is 585. The quantitative estimate of drug-likeness (QED) is 0.858. The van der Waals surface area contributed by atoms with Gasteiger partial charge in [0.1, 0.15) is 4.88 Å². The predicted molar refractivity (Wildman–Crippen MR) is 77.8 cm³/mol. The Labute approximate surface area is 122 Å². The van der Waals surface area contributed by atoms with Crippen molar-refractivity contribution in [3.05, 3.63) is 49.6 Å². The molecule has 18 heavy (non-hydrogen) atoms. The van der Waals surface area contributed by atoms with Gasteiger partial charge in [-0.2, -0.15) is 0 Å². The molecule has 0 saturated carbocycles. The van der Waals surface area contributed by atoms with Crippen molar-refractivity contribution < 1.29 is 9.90 Å². The Hall–Kier alpha value is -1.04. The zero-order valence-corrected chi connectivity index (χ0v) is 12.3. The van der Waals surface area contributed by atoms with Crippen molar-refractivity contribution in [2.75, 3.05) is 5.32 Å². The average Bonchev–Trinajstić information content (AvgIpc) is 2.76. The van der Waals surface area contributed by atoms with Gasteiger partial charge in [-0.3, -0.25) is 0 Å². The van der Waals surface area contributed by atoms with Gasteiger partial charge >= 0.3 is 5.97 Å². The molecule has 1 aromatic heterocycles. The molecule has 0 amide bonds. The summed E-state index contributed by atoms with van der Waals surface area (Å²) in [6, 6.07) is 7.31. The number of anilines is 1. The van der Waals surface area contributed by atoms with Crippen LogP contribution in [0, 0.1) is 0 Å². The van der Waals surface area contributed by atoms with Crippen LogP contribution in [-0.2, 0) is 6.54 Å². The molecule has 1 aromatic carbocycles. The molecule has 2 rings (SSSR count). The summed E-state index contributed by atoms with van der Waals surface area (Å²) in [5, 5.41) is 14.5. The predicted octanol–water partition coefficient (Wildman–Crippen LogP) is 4.47. The lowest BCUT2D eigenvalue weighted by molar-refractivity contribution is 0.0701. The van der Waals surface area contributed by atoms with Crippen molar-refractivity contribution in [2.45, 2.75) is 6.54 Å². The third-order valence-electron chi connectivity index (χ3n) is 2.34. The molecule has 0 saturated heterocycles. The van der Waals surface area contributed by atoms with Crippen LogP contribution in [0.25, 0.3) is 0 Å². The van der Waals surface area contributed by atoms with Crippen LogP contribution in [0.4, 0.5) is 5.69 Å². The molecule has 0 atom stereocenters. The van der Waals surface area contributed by atoms with Crippen LogP contribution in [0.5, 0.6) is 0 Å². The zero-order valence-electron chi connectivity index (χ0n) is 9.11. The molecule has 6 heteroatoms. The van der Waals surface area contributed by atoms with Crippen molar-refractivity contribution in [3.8, 4) is 0 Å². The lowest BCUT2D eigenvalue weighted by atomic mass is 10.2. The highest BCUT2D eigenvalue weighted by molar-refractivity contribution is 9.10. The number of carboxylic acids is 1. The molecule has 2 aromatic rings. The lowest BCUT2D eigenvalue weighted by Crippen LogP contribution is -2.04. The standard InChI is InChI=1S/C12H9BrClNO2S/c13-8-1-2-10(9(14)5-8)15-6-7-3-4-18-11(7)12(16)17/h1-5,15H,6H2,(H,16,17). The van der Waals surface area contributed by atoms with E-state index in [1.165, 1.54) is 11.3 Å². The maximum absolute atomic E-state index is 11.0. The van der Waals surface area contributed by atoms with Crippen molar-refractivity contribution >= 4 is 50.5 Å². The average molecular weight is 347 g/mol. The van der Waals surface area contributed by atoms with Gasteiger partial charge in [-0.15, -0.1) is 11.3 Å². The van der Waals surface area contributed by atoms with Gasteiger partial charge in [-0.05, 0) is 35.2 Å². The zero-order chi connectivity index (χ0) is 13.1. The highest BCUT2D eigenvalue weighted by Crippen LogP contribution is 2.26. The Kier molecular flexibility index (Phi) is 4.27. The molecule has 0 radical (unpaired) electrons. The highest BCUT2D eigenvalue weighted by atomic mass is 79.9. The van der Waals surface area contributed by atoms with Crippen molar-refractivity contribution in [1.29, 1.82) is 0 Å². The number of aromatic carboxylic acids is 1. The summed E-state index contributed by atoms with van der Waals surface area (Å²) >= 11 is 10.6. The van der Waals surface area contributed by atoms with Crippen molar-refractivity contribution in [2.24, 2.45) is 0 Å². The minimum absolute atomic E-state index is 0.357. The van der Waals surface area contributed by atoms with E-state index in [0.717, 1.165) is 15.7 Å². The third-order valence-corrected chi connectivity index (χ3v) is 4.09. The molecule has 0 aliphatic carbocycles. The molecule has 1 heterocycles. The second-order valence-electron chi connectivity index (χ2n) is 3.56. The summed E-state index contributed by atoms with van der Waals surface area (Å²) in [5.74, 6) is -0.899. The van der Waals surface area contributed by atoms with Crippen LogP contribution >= 0.6 is 38.9 Å². The number of nitrogens with one attached hydrogen (secondary N) is 1. The van der Waals surface area contributed by atoms with Crippen LogP contribution in [0.3, 0.4) is 0 Å².